The first-order chi connectivity index (χ1) is 14.2. The highest BCUT2D eigenvalue weighted by Crippen LogP contribution is 2.29. The number of ether oxygens (including phenoxy) is 1. The summed E-state index contributed by atoms with van der Waals surface area (Å²) < 4.78 is 40.8. The number of rotatable bonds is 4. The molecule has 30 heavy (non-hydrogen) atoms. The van der Waals surface area contributed by atoms with E-state index in [1.807, 2.05) is 37.3 Å². The van der Waals surface area contributed by atoms with Crippen LogP contribution >= 0.6 is 0 Å². The maximum atomic E-state index is 12.9. The van der Waals surface area contributed by atoms with Crippen molar-refractivity contribution < 1.29 is 27.5 Å². The van der Waals surface area contributed by atoms with E-state index in [1.54, 1.807) is 0 Å². The Morgan fingerprint density at radius 2 is 1.77 bits per heavy atom. The van der Waals surface area contributed by atoms with E-state index in [2.05, 4.69) is 9.72 Å². The minimum absolute atomic E-state index is 0.130. The molecule has 3 amide bonds. The number of aromatic nitrogens is 1. The monoisotopic (exact) mass is 415 g/mol. The van der Waals surface area contributed by atoms with Crippen LogP contribution in [-0.4, -0.2) is 34.7 Å². The fraction of sp³-hybridized carbons (Fsp3) is 0.190. The van der Waals surface area contributed by atoms with Crippen LogP contribution in [0.2, 0.25) is 0 Å². The number of imide groups is 1. The van der Waals surface area contributed by atoms with Gasteiger partial charge in [-0.15, -0.1) is 13.2 Å². The number of amides is 3. The summed E-state index contributed by atoms with van der Waals surface area (Å²) in [5, 5.41) is 0.885. The van der Waals surface area contributed by atoms with E-state index < -0.39 is 24.1 Å². The number of hydrogen-bond acceptors (Lipinski definition) is 4. The van der Waals surface area contributed by atoms with Gasteiger partial charge >= 0.3 is 12.4 Å². The lowest BCUT2D eigenvalue weighted by Gasteiger charge is -2.18. The molecule has 1 aliphatic heterocycles. The zero-order valence-electron chi connectivity index (χ0n) is 15.8. The van der Waals surface area contributed by atoms with Crippen LogP contribution in [0.5, 0.6) is 5.75 Å². The molecule has 0 atom stereocenters. The highest BCUT2D eigenvalue weighted by Gasteiger charge is 2.37. The zero-order valence-corrected chi connectivity index (χ0v) is 15.8. The fourth-order valence-electron chi connectivity index (χ4n) is 3.46. The molecule has 9 heteroatoms. The van der Waals surface area contributed by atoms with Crippen molar-refractivity contribution in [3.05, 3.63) is 65.9 Å². The predicted octanol–water partition coefficient (Wildman–Crippen LogP) is 4.41. The number of anilines is 1. The van der Waals surface area contributed by atoms with Gasteiger partial charge in [0.05, 0.1) is 11.2 Å². The number of hydrogen-bond donors (Lipinski definition) is 0. The SMILES string of the molecule is Cc1cc(CN2CC(=O)N(c3ccc(OC(F)(F)F)cc3)C2=O)c2ccccc2n1. The Labute approximate surface area is 169 Å². The van der Waals surface area contributed by atoms with Crippen molar-refractivity contribution in [3.8, 4) is 5.75 Å². The third-order valence-electron chi connectivity index (χ3n) is 4.66. The van der Waals surface area contributed by atoms with Crippen molar-refractivity contribution in [2.45, 2.75) is 19.8 Å². The van der Waals surface area contributed by atoms with Crippen LogP contribution < -0.4 is 9.64 Å². The van der Waals surface area contributed by atoms with Gasteiger partial charge < -0.3 is 9.64 Å². The lowest BCUT2D eigenvalue weighted by Crippen LogP contribution is -2.32. The van der Waals surface area contributed by atoms with Gasteiger partial charge in [-0.3, -0.25) is 9.78 Å². The minimum Gasteiger partial charge on any atom is -0.406 e. The molecule has 0 unspecified atom stereocenters. The Hall–Kier alpha value is -3.62. The average Bonchev–Trinajstić information content (AvgIpc) is 2.94. The van der Waals surface area contributed by atoms with Gasteiger partial charge in [0.1, 0.15) is 12.3 Å². The molecule has 1 saturated heterocycles. The number of nitrogens with zero attached hydrogens (tertiary/aromatic N) is 3. The van der Waals surface area contributed by atoms with E-state index in [9.17, 15) is 22.8 Å². The molecule has 1 aliphatic rings. The van der Waals surface area contributed by atoms with Gasteiger partial charge in [0.2, 0.25) is 0 Å². The summed E-state index contributed by atoms with van der Waals surface area (Å²) in [4.78, 5) is 32.1. The van der Waals surface area contributed by atoms with Crippen LogP contribution in [0.4, 0.5) is 23.7 Å². The predicted molar refractivity (Wildman–Crippen MR) is 103 cm³/mol. The number of carbonyl (C=O) groups is 2. The molecule has 1 fully saturated rings. The number of aryl methyl sites for hydroxylation is 1. The molecule has 0 radical (unpaired) electrons. The number of benzene rings is 2. The second-order valence-corrected chi connectivity index (χ2v) is 6.85. The summed E-state index contributed by atoms with van der Waals surface area (Å²) >= 11 is 0. The Morgan fingerprint density at radius 3 is 2.47 bits per heavy atom. The number of urea groups is 1. The molecule has 0 bridgehead atoms. The number of pyridine rings is 1. The Morgan fingerprint density at radius 1 is 1.07 bits per heavy atom. The summed E-state index contributed by atoms with van der Waals surface area (Å²) in [6.45, 7) is 1.93. The van der Waals surface area contributed by atoms with Gasteiger partial charge in [-0.05, 0) is 48.9 Å². The van der Waals surface area contributed by atoms with Crippen molar-refractivity contribution in [2.24, 2.45) is 0 Å². The molecule has 2 heterocycles. The molecule has 0 saturated carbocycles. The van der Waals surface area contributed by atoms with Gasteiger partial charge in [-0.1, -0.05) is 18.2 Å². The van der Waals surface area contributed by atoms with Crippen molar-refractivity contribution in [1.29, 1.82) is 0 Å². The number of halogens is 3. The fourth-order valence-corrected chi connectivity index (χ4v) is 3.46. The summed E-state index contributed by atoms with van der Waals surface area (Å²) in [6, 6.07) is 13.5. The first kappa shape index (κ1) is 19.7. The molecule has 2 aromatic carbocycles. The lowest BCUT2D eigenvalue weighted by molar-refractivity contribution is -0.274. The van der Waals surface area contributed by atoms with E-state index in [0.29, 0.717) is 0 Å². The molecule has 0 aliphatic carbocycles. The molecular formula is C21H16F3N3O3. The quantitative estimate of drug-likeness (QED) is 0.592. The first-order valence-corrected chi connectivity index (χ1v) is 9.04. The molecule has 3 aromatic rings. The lowest BCUT2D eigenvalue weighted by atomic mass is 10.1. The molecule has 0 spiro atoms. The van der Waals surface area contributed by atoms with Gasteiger partial charge in [0, 0.05) is 17.6 Å². The Balaban J connectivity index is 1.57. The maximum Gasteiger partial charge on any atom is 0.573 e. The van der Waals surface area contributed by atoms with Crippen LogP contribution in [0, 0.1) is 6.92 Å². The molecule has 6 nitrogen and oxygen atoms in total. The van der Waals surface area contributed by atoms with Crippen LogP contribution in [0.15, 0.2) is 54.6 Å². The van der Waals surface area contributed by atoms with Gasteiger partial charge in [-0.2, -0.15) is 0 Å². The summed E-state index contributed by atoms with van der Waals surface area (Å²) in [6.07, 6.45) is -4.82. The molecular weight excluding hydrogens is 399 g/mol. The third-order valence-corrected chi connectivity index (χ3v) is 4.66. The van der Waals surface area contributed by atoms with Crippen LogP contribution in [0.3, 0.4) is 0 Å². The number of alkyl halides is 3. The maximum absolute atomic E-state index is 12.9. The Bertz CT molecular complexity index is 1130. The topological polar surface area (TPSA) is 62.7 Å². The van der Waals surface area contributed by atoms with Crippen molar-refractivity contribution >= 4 is 28.5 Å². The second kappa shape index (κ2) is 7.33. The van der Waals surface area contributed by atoms with Crippen molar-refractivity contribution in [2.75, 3.05) is 11.4 Å². The minimum atomic E-state index is -4.82. The zero-order chi connectivity index (χ0) is 21.5. The van der Waals surface area contributed by atoms with Crippen molar-refractivity contribution in [1.82, 2.24) is 9.88 Å². The summed E-state index contributed by atoms with van der Waals surface area (Å²) in [5.74, 6) is -0.888. The second-order valence-electron chi connectivity index (χ2n) is 6.85. The summed E-state index contributed by atoms with van der Waals surface area (Å²) in [7, 11) is 0. The number of para-hydroxylation sites is 1. The van der Waals surface area contributed by atoms with Gasteiger partial charge in [0.15, 0.2) is 0 Å². The number of fused-ring (bicyclic) bond motifs is 1. The molecule has 154 valence electrons. The third kappa shape index (κ3) is 3.91. The van der Waals surface area contributed by atoms with Crippen molar-refractivity contribution in [3.63, 3.8) is 0 Å². The number of carbonyl (C=O) groups excluding carboxylic acids is 2. The van der Waals surface area contributed by atoms with E-state index in [4.69, 9.17) is 0 Å². The Kier molecular flexibility index (Phi) is 4.81. The van der Waals surface area contributed by atoms with E-state index in [1.165, 1.54) is 17.0 Å². The van der Waals surface area contributed by atoms with Gasteiger partial charge in [-0.25, -0.2) is 9.69 Å². The summed E-state index contributed by atoms with van der Waals surface area (Å²) in [5.41, 5.74) is 2.62. The van der Waals surface area contributed by atoms with Crippen LogP contribution in [-0.2, 0) is 11.3 Å². The van der Waals surface area contributed by atoms with E-state index in [0.717, 1.165) is 39.2 Å². The van der Waals surface area contributed by atoms with E-state index in [-0.39, 0.29) is 18.8 Å². The molecule has 0 N–H and O–H groups in total. The highest BCUT2D eigenvalue weighted by molar-refractivity contribution is 6.19. The van der Waals surface area contributed by atoms with E-state index >= 15 is 0 Å². The highest BCUT2D eigenvalue weighted by atomic mass is 19.4. The molecule has 4 rings (SSSR count). The normalized spacial score (nSPS) is 14.7. The smallest absolute Gasteiger partial charge is 0.406 e. The van der Waals surface area contributed by atoms with Crippen LogP contribution in [0.1, 0.15) is 11.3 Å². The first-order valence-electron chi connectivity index (χ1n) is 9.04. The molecule has 1 aromatic heterocycles. The van der Waals surface area contributed by atoms with Crippen LogP contribution in [0.25, 0.3) is 10.9 Å². The van der Waals surface area contributed by atoms with Gasteiger partial charge in [0.25, 0.3) is 5.91 Å². The largest absolute Gasteiger partial charge is 0.573 e. The standard InChI is InChI=1S/C21H16F3N3O3/c1-13-10-14(17-4-2-3-5-18(17)25-13)11-26-12-19(28)27(20(26)29)15-6-8-16(9-7-15)30-21(22,23)24/h2-10H,11-12H2,1H3. The average molecular weight is 415 g/mol.